The van der Waals surface area contributed by atoms with Gasteiger partial charge in [0.05, 0.1) is 18.8 Å². The number of methoxy groups -OCH3 is 1. The minimum absolute atomic E-state index is 0.0683. The van der Waals surface area contributed by atoms with Crippen LogP contribution in [0.2, 0.25) is 0 Å². The molecule has 0 radical (unpaired) electrons. The number of carbonyl (C=O) groups excluding carboxylic acids is 1. The van der Waals surface area contributed by atoms with Gasteiger partial charge in [-0.2, -0.15) is 0 Å². The van der Waals surface area contributed by atoms with Crippen LogP contribution in [-0.2, 0) is 11.3 Å². The van der Waals surface area contributed by atoms with Crippen molar-refractivity contribution >= 4 is 22.6 Å². The molecule has 2 N–H and O–H groups in total. The van der Waals surface area contributed by atoms with Gasteiger partial charge in [0.1, 0.15) is 17.1 Å². The highest BCUT2D eigenvalue weighted by atomic mass is 16.5. The van der Waals surface area contributed by atoms with Gasteiger partial charge in [0.2, 0.25) is 5.91 Å². The van der Waals surface area contributed by atoms with Crippen molar-refractivity contribution in [3.8, 4) is 5.75 Å². The molecule has 0 aliphatic heterocycles. The monoisotopic (exact) mass is 338 g/mol. The van der Waals surface area contributed by atoms with Crippen LogP contribution in [0.5, 0.6) is 5.75 Å². The van der Waals surface area contributed by atoms with Gasteiger partial charge in [-0.25, -0.2) is 0 Å². The van der Waals surface area contributed by atoms with Crippen LogP contribution in [0.15, 0.2) is 52.9 Å². The maximum atomic E-state index is 11.3. The van der Waals surface area contributed by atoms with Crippen molar-refractivity contribution in [1.29, 1.82) is 0 Å². The molecule has 2 aromatic carbocycles. The summed E-state index contributed by atoms with van der Waals surface area (Å²) in [5, 5.41) is 7.34. The van der Waals surface area contributed by atoms with Gasteiger partial charge in [0.15, 0.2) is 0 Å². The molecule has 5 nitrogen and oxygen atoms in total. The Kier molecular flexibility index (Phi) is 5.05. The summed E-state index contributed by atoms with van der Waals surface area (Å²) in [5.74, 6) is 1.42. The quantitative estimate of drug-likeness (QED) is 0.705. The summed E-state index contributed by atoms with van der Waals surface area (Å²) < 4.78 is 11.2. The first-order valence-electron chi connectivity index (χ1n) is 8.23. The lowest BCUT2D eigenvalue weighted by atomic mass is 10.1. The van der Waals surface area contributed by atoms with Crippen LogP contribution >= 0.6 is 0 Å². The minimum atomic E-state index is -0.126. The van der Waals surface area contributed by atoms with E-state index in [0.29, 0.717) is 18.0 Å². The van der Waals surface area contributed by atoms with Crippen LogP contribution in [0.1, 0.15) is 31.2 Å². The fourth-order valence-electron chi connectivity index (χ4n) is 2.74. The van der Waals surface area contributed by atoms with E-state index in [2.05, 4.69) is 23.6 Å². The number of carbonyl (C=O) groups is 1. The van der Waals surface area contributed by atoms with Crippen molar-refractivity contribution < 1.29 is 13.9 Å². The molecular formula is C20H22N2O3. The number of ether oxygens (including phenoxy) is 1. The lowest BCUT2D eigenvalue weighted by Gasteiger charge is -2.14. The maximum absolute atomic E-state index is 11.3. The highest BCUT2D eigenvalue weighted by Crippen LogP contribution is 2.27. The Labute approximate surface area is 147 Å². The number of nitrogens with one attached hydrogen (secondary N) is 2. The van der Waals surface area contributed by atoms with Crippen molar-refractivity contribution in [2.75, 3.05) is 12.4 Å². The molecule has 130 valence electrons. The third-order valence-electron chi connectivity index (χ3n) is 4.06. The van der Waals surface area contributed by atoms with Gasteiger partial charge >= 0.3 is 0 Å². The summed E-state index contributed by atoms with van der Waals surface area (Å²) in [6, 6.07) is 15.8. The summed E-state index contributed by atoms with van der Waals surface area (Å²) >= 11 is 0. The van der Waals surface area contributed by atoms with Crippen molar-refractivity contribution in [3.05, 3.63) is 59.9 Å². The number of rotatable bonds is 6. The summed E-state index contributed by atoms with van der Waals surface area (Å²) in [7, 11) is 1.59. The van der Waals surface area contributed by atoms with Gasteiger partial charge in [0.25, 0.3) is 0 Å². The highest BCUT2D eigenvalue weighted by Gasteiger charge is 2.12. The second-order valence-electron chi connectivity index (χ2n) is 6.01. The van der Waals surface area contributed by atoms with E-state index >= 15 is 0 Å². The van der Waals surface area contributed by atoms with Crippen molar-refractivity contribution in [2.45, 2.75) is 26.4 Å². The molecule has 5 heteroatoms. The second kappa shape index (κ2) is 7.40. The van der Waals surface area contributed by atoms with Crippen LogP contribution in [0.3, 0.4) is 0 Å². The molecule has 0 aliphatic carbocycles. The molecule has 1 atom stereocenters. The van der Waals surface area contributed by atoms with Gasteiger partial charge in [-0.1, -0.05) is 24.3 Å². The zero-order chi connectivity index (χ0) is 17.8. The van der Waals surface area contributed by atoms with Gasteiger partial charge in [-0.15, -0.1) is 0 Å². The molecule has 3 rings (SSSR count). The molecule has 0 unspecified atom stereocenters. The van der Waals surface area contributed by atoms with Gasteiger partial charge in [-0.3, -0.25) is 4.79 Å². The second-order valence-corrected chi connectivity index (χ2v) is 6.01. The summed E-state index contributed by atoms with van der Waals surface area (Å²) in [5.41, 5.74) is 2.61. The lowest BCUT2D eigenvalue weighted by molar-refractivity contribution is -0.114. The SMILES string of the molecule is COc1ccc(CN[C@H](C)c2cc3ccccc3o2)cc1NC(C)=O. The number of amides is 1. The van der Waals surface area contributed by atoms with Crippen LogP contribution < -0.4 is 15.4 Å². The van der Waals surface area contributed by atoms with Crippen LogP contribution in [-0.4, -0.2) is 13.0 Å². The molecule has 1 amide bonds. The number of hydrogen-bond donors (Lipinski definition) is 2. The van der Waals surface area contributed by atoms with Gasteiger partial charge in [0, 0.05) is 18.9 Å². The number of hydrogen-bond acceptors (Lipinski definition) is 4. The smallest absolute Gasteiger partial charge is 0.221 e. The number of fused-ring (bicyclic) bond motifs is 1. The Bertz CT molecular complexity index is 853. The van der Waals surface area contributed by atoms with E-state index in [9.17, 15) is 4.79 Å². The number of furan rings is 1. The molecule has 0 saturated carbocycles. The van der Waals surface area contributed by atoms with Crippen LogP contribution in [0.4, 0.5) is 5.69 Å². The Morgan fingerprint density at radius 3 is 2.72 bits per heavy atom. The number of benzene rings is 2. The summed E-state index contributed by atoms with van der Waals surface area (Å²) in [4.78, 5) is 11.3. The maximum Gasteiger partial charge on any atom is 0.221 e. The van der Waals surface area contributed by atoms with E-state index in [4.69, 9.17) is 9.15 Å². The first-order valence-corrected chi connectivity index (χ1v) is 8.23. The van der Waals surface area contributed by atoms with E-state index in [0.717, 1.165) is 22.3 Å². The predicted molar refractivity (Wildman–Crippen MR) is 98.8 cm³/mol. The summed E-state index contributed by atoms with van der Waals surface area (Å²) in [6.07, 6.45) is 0. The zero-order valence-electron chi connectivity index (χ0n) is 14.6. The third kappa shape index (κ3) is 4.00. The average molecular weight is 338 g/mol. The first kappa shape index (κ1) is 17.0. The largest absolute Gasteiger partial charge is 0.495 e. The van der Waals surface area contributed by atoms with Crippen molar-refractivity contribution in [2.24, 2.45) is 0 Å². The predicted octanol–water partition coefficient (Wildman–Crippen LogP) is 4.25. The minimum Gasteiger partial charge on any atom is -0.495 e. The van der Waals surface area contributed by atoms with E-state index in [1.54, 1.807) is 7.11 Å². The summed E-state index contributed by atoms with van der Waals surface area (Å²) in [6.45, 7) is 4.19. The lowest BCUT2D eigenvalue weighted by Crippen LogP contribution is -2.18. The Hall–Kier alpha value is -2.79. The normalized spacial score (nSPS) is 12.1. The third-order valence-corrected chi connectivity index (χ3v) is 4.06. The molecular weight excluding hydrogens is 316 g/mol. The highest BCUT2D eigenvalue weighted by molar-refractivity contribution is 5.90. The molecule has 0 spiro atoms. The molecule has 0 aliphatic rings. The van der Waals surface area contributed by atoms with Crippen molar-refractivity contribution in [3.63, 3.8) is 0 Å². The fraction of sp³-hybridized carbons (Fsp3) is 0.250. The average Bonchev–Trinajstić information content (AvgIpc) is 3.03. The molecule has 0 bridgehead atoms. The number of anilines is 1. The Morgan fingerprint density at radius 2 is 2.00 bits per heavy atom. The van der Waals surface area contributed by atoms with Crippen LogP contribution in [0, 0.1) is 0 Å². The van der Waals surface area contributed by atoms with E-state index in [1.807, 2.05) is 42.5 Å². The first-order chi connectivity index (χ1) is 12.1. The molecule has 1 aromatic heterocycles. The number of para-hydroxylation sites is 1. The fourth-order valence-corrected chi connectivity index (χ4v) is 2.74. The molecule has 0 fully saturated rings. The molecule has 3 aromatic rings. The van der Waals surface area contributed by atoms with E-state index < -0.39 is 0 Å². The van der Waals surface area contributed by atoms with E-state index in [-0.39, 0.29) is 11.9 Å². The standard InChI is InChI=1S/C20H22N2O3/c1-13(20-11-16-6-4-5-7-18(16)25-20)21-12-15-8-9-19(24-3)17(10-15)22-14(2)23/h4-11,13,21H,12H2,1-3H3,(H,22,23)/t13-/m1/s1. The zero-order valence-corrected chi connectivity index (χ0v) is 14.6. The molecule has 25 heavy (non-hydrogen) atoms. The molecule has 1 heterocycles. The Morgan fingerprint density at radius 1 is 1.20 bits per heavy atom. The van der Waals surface area contributed by atoms with Gasteiger partial charge in [-0.05, 0) is 36.8 Å². The van der Waals surface area contributed by atoms with Gasteiger partial charge < -0.3 is 19.8 Å². The van der Waals surface area contributed by atoms with E-state index in [1.165, 1.54) is 6.92 Å². The van der Waals surface area contributed by atoms with Crippen molar-refractivity contribution in [1.82, 2.24) is 5.32 Å². The van der Waals surface area contributed by atoms with Crippen LogP contribution in [0.25, 0.3) is 11.0 Å². The topological polar surface area (TPSA) is 63.5 Å². The Balaban J connectivity index is 1.70. The molecule has 0 saturated heterocycles.